The van der Waals surface area contributed by atoms with E-state index in [0.29, 0.717) is 12.0 Å². The van der Waals surface area contributed by atoms with Gasteiger partial charge in [0.15, 0.2) is 5.78 Å². The van der Waals surface area contributed by atoms with Gasteiger partial charge in [0.2, 0.25) is 0 Å². The molecule has 1 aromatic rings. The van der Waals surface area contributed by atoms with E-state index in [1.807, 2.05) is 0 Å². The molecule has 0 aromatic heterocycles. The first-order valence-corrected chi connectivity index (χ1v) is 8.25. The minimum atomic E-state index is -4.02. The Morgan fingerprint density at radius 3 is 2.25 bits per heavy atom. The van der Waals surface area contributed by atoms with Crippen LogP contribution in [0.15, 0.2) is 24.3 Å². The Bertz CT molecular complexity index is 523. The Balaban J connectivity index is 2.45. The molecule has 0 amide bonds. The molecule has 0 aliphatic rings. The predicted molar refractivity (Wildman–Crippen MR) is 77.9 cm³/mol. The molecular weight excluding hydrogens is 278 g/mol. The Hall–Kier alpha value is -1.40. The maximum Gasteiger partial charge on any atom is 0.380 e. The average molecular weight is 299 g/mol. The van der Waals surface area contributed by atoms with Crippen LogP contribution in [-0.4, -0.2) is 14.2 Å². The van der Waals surface area contributed by atoms with Crippen LogP contribution in [0.2, 0.25) is 0 Å². The van der Waals surface area contributed by atoms with Crippen LogP contribution >= 0.6 is 0 Å². The Morgan fingerprint density at radius 1 is 1.10 bits per heavy atom. The van der Waals surface area contributed by atoms with E-state index < -0.39 is 10.3 Å². The molecule has 0 aliphatic heterocycles. The first kappa shape index (κ1) is 16.7. The van der Waals surface area contributed by atoms with Crippen molar-refractivity contribution in [1.29, 1.82) is 0 Å². The lowest BCUT2D eigenvalue weighted by Crippen LogP contribution is -2.18. The molecule has 2 N–H and O–H groups in total. The molecule has 6 heteroatoms. The zero-order valence-corrected chi connectivity index (χ0v) is 12.5. The van der Waals surface area contributed by atoms with Crippen molar-refractivity contribution in [3.05, 3.63) is 29.8 Å². The quantitative estimate of drug-likeness (QED) is 0.561. The summed E-state index contributed by atoms with van der Waals surface area (Å²) in [7, 11) is -4.02. The second kappa shape index (κ2) is 8.01. The summed E-state index contributed by atoms with van der Waals surface area (Å²) in [6.07, 6.45) is 6.00. The lowest BCUT2D eigenvalue weighted by atomic mass is 10.0. The van der Waals surface area contributed by atoms with E-state index in [1.54, 1.807) is 12.1 Å². The summed E-state index contributed by atoms with van der Waals surface area (Å²) in [5.74, 6) is 0.163. The van der Waals surface area contributed by atoms with Crippen molar-refractivity contribution >= 4 is 16.1 Å². The molecule has 0 radical (unpaired) electrons. The summed E-state index contributed by atoms with van der Waals surface area (Å²) in [4.78, 5) is 11.9. The standard InChI is InChI=1S/C14H21NO4S/c1-2-3-4-5-6-7-14(16)12-8-10-13(11-9-12)19-20(15,17)18/h8-11H,2-7H2,1H3,(H2,15,17,18). The van der Waals surface area contributed by atoms with Crippen molar-refractivity contribution < 1.29 is 17.4 Å². The van der Waals surface area contributed by atoms with Crippen LogP contribution in [0, 0.1) is 0 Å². The lowest BCUT2D eigenvalue weighted by Gasteiger charge is -2.04. The van der Waals surface area contributed by atoms with Gasteiger partial charge in [-0.1, -0.05) is 32.6 Å². The van der Waals surface area contributed by atoms with Crippen molar-refractivity contribution in [2.75, 3.05) is 0 Å². The minimum absolute atomic E-state index is 0.0589. The van der Waals surface area contributed by atoms with Crippen LogP contribution < -0.4 is 9.32 Å². The largest absolute Gasteiger partial charge is 0.380 e. The third kappa shape index (κ3) is 6.68. The third-order valence-corrected chi connectivity index (χ3v) is 3.32. The number of ketones is 1. The molecule has 0 saturated carbocycles. The molecule has 5 nitrogen and oxygen atoms in total. The number of hydrogen-bond donors (Lipinski definition) is 1. The zero-order chi connectivity index (χ0) is 15.0. The molecule has 1 rings (SSSR count). The second-order valence-electron chi connectivity index (χ2n) is 4.69. The Morgan fingerprint density at radius 2 is 1.70 bits per heavy atom. The molecule has 0 heterocycles. The number of carbonyl (C=O) groups is 1. The highest BCUT2D eigenvalue weighted by molar-refractivity contribution is 7.84. The Kier molecular flexibility index (Phi) is 6.67. The van der Waals surface area contributed by atoms with Gasteiger partial charge in [-0.25, -0.2) is 0 Å². The molecule has 112 valence electrons. The molecule has 0 unspecified atom stereocenters. The fourth-order valence-corrected chi connectivity index (χ4v) is 2.24. The first-order valence-electron chi connectivity index (χ1n) is 6.78. The summed E-state index contributed by atoms with van der Waals surface area (Å²) in [6, 6.07) is 5.95. The number of hydrogen-bond acceptors (Lipinski definition) is 4. The van der Waals surface area contributed by atoms with Crippen LogP contribution in [0.1, 0.15) is 55.8 Å². The zero-order valence-electron chi connectivity index (χ0n) is 11.7. The number of benzene rings is 1. The van der Waals surface area contributed by atoms with Crippen LogP contribution in [0.5, 0.6) is 5.75 Å². The van der Waals surface area contributed by atoms with Gasteiger partial charge >= 0.3 is 10.3 Å². The lowest BCUT2D eigenvalue weighted by molar-refractivity contribution is 0.0979. The van der Waals surface area contributed by atoms with Gasteiger partial charge in [0.25, 0.3) is 0 Å². The molecule has 0 aliphatic carbocycles. The van der Waals surface area contributed by atoms with E-state index in [0.717, 1.165) is 19.3 Å². The monoisotopic (exact) mass is 299 g/mol. The SMILES string of the molecule is CCCCCCCC(=O)c1ccc(OS(N)(=O)=O)cc1. The van der Waals surface area contributed by atoms with Crippen LogP contribution in [0.3, 0.4) is 0 Å². The van der Waals surface area contributed by atoms with Gasteiger partial charge in [-0.05, 0) is 30.7 Å². The highest BCUT2D eigenvalue weighted by atomic mass is 32.2. The number of carbonyl (C=O) groups excluding carboxylic acids is 1. The molecule has 0 bridgehead atoms. The van der Waals surface area contributed by atoms with Gasteiger partial charge in [0.05, 0.1) is 0 Å². The van der Waals surface area contributed by atoms with Crippen molar-refractivity contribution in [2.24, 2.45) is 5.14 Å². The molecular formula is C14H21NO4S. The third-order valence-electron chi connectivity index (χ3n) is 2.90. The van der Waals surface area contributed by atoms with Gasteiger partial charge in [0.1, 0.15) is 5.75 Å². The average Bonchev–Trinajstić information content (AvgIpc) is 2.37. The molecule has 0 saturated heterocycles. The van der Waals surface area contributed by atoms with E-state index in [2.05, 4.69) is 11.1 Å². The Labute approximate surface area is 120 Å². The fourth-order valence-electron chi connectivity index (χ4n) is 1.86. The summed E-state index contributed by atoms with van der Waals surface area (Å²) < 4.78 is 26.0. The minimum Gasteiger partial charge on any atom is -0.371 e. The van der Waals surface area contributed by atoms with Gasteiger partial charge in [0, 0.05) is 12.0 Å². The van der Waals surface area contributed by atoms with E-state index in [-0.39, 0.29) is 11.5 Å². The topological polar surface area (TPSA) is 86.5 Å². The van der Waals surface area contributed by atoms with E-state index in [9.17, 15) is 13.2 Å². The molecule has 0 spiro atoms. The van der Waals surface area contributed by atoms with Crippen molar-refractivity contribution in [3.8, 4) is 5.75 Å². The highest BCUT2D eigenvalue weighted by Gasteiger charge is 2.08. The van der Waals surface area contributed by atoms with E-state index >= 15 is 0 Å². The van der Waals surface area contributed by atoms with Crippen molar-refractivity contribution in [2.45, 2.75) is 45.4 Å². The van der Waals surface area contributed by atoms with Gasteiger partial charge in [-0.3, -0.25) is 4.79 Å². The number of unbranched alkanes of at least 4 members (excludes halogenated alkanes) is 4. The van der Waals surface area contributed by atoms with Crippen LogP contribution in [0.25, 0.3) is 0 Å². The normalized spacial score (nSPS) is 11.3. The molecule has 0 fully saturated rings. The van der Waals surface area contributed by atoms with Crippen LogP contribution in [-0.2, 0) is 10.3 Å². The van der Waals surface area contributed by atoms with Crippen LogP contribution in [0.4, 0.5) is 0 Å². The summed E-state index contributed by atoms with van der Waals surface area (Å²) in [5.41, 5.74) is 0.558. The summed E-state index contributed by atoms with van der Waals surface area (Å²) in [5, 5.41) is 4.75. The van der Waals surface area contributed by atoms with Gasteiger partial charge in [-0.15, -0.1) is 0 Å². The predicted octanol–water partition coefficient (Wildman–Crippen LogP) is 2.81. The van der Waals surface area contributed by atoms with Gasteiger partial charge in [-0.2, -0.15) is 13.6 Å². The smallest absolute Gasteiger partial charge is 0.371 e. The first-order chi connectivity index (χ1) is 9.42. The summed E-state index contributed by atoms with van der Waals surface area (Å²) in [6.45, 7) is 2.15. The van der Waals surface area contributed by atoms with Gasteiger partial charge < -0.3 is 4.18 Å². The molecule has 1 aromatic carbocycles. The number of nitrogens with two attached hydrogens (primary N) is 1. The fraction of sp³-hybridized carbons (Fsp3) is 0.500. The second-order valence-corrected chi connectivity index (χ2v) is 5.84. The number of Topliss-reactive ketones (excluding diaryl/α,β-unsaturated/α-hetero) is 1. The van der Waals surface area contributed by atoms with E-state index in [4.69, 9.17) is 5.14 Å². The van der Waals surface area contributed by atoms with E-state index in [1.165, 1.54) is 25.0 Å². The highest BCUT2D eigenvalue weighted by Crippen LogP contribution is 2.16. The van der Waals surface area contributed by atoms with Crippen molar-refractivity contribution in [1.82, 2.24) is 0 Å². The van der Waals surface area contributed by atoms with Crippen molar-refractivity contribution in [3.63, 3.8) is 0 Å². The molecule has 0 atom stereocenters. The molecule has 20 heavy (non-hydrogen) atoms. The maximum absolute atomic E-state index is 11.9. The summed E-state index contributed by atoms with van der Waals surface area (Å²) >= 11 is 0. The number of rotatable bonds is 9. The maximum atomic E-state index is 11.9.